The van der Waals surface area contributed by atoms with Crippen LogP contribution in [0.2, 0.25) is 0 Å². The molecule has 148 valence electrons. The summed E-state index contributed by atoms with van der Waals surface area (Å²) in [6, 6.07) is 9.86. The first kappa shape index (κ1) is 18.6. The van der Waals surface area contributed by atoms with Crippen LogP contribution in [0.4, 0.5) is 11.4 Å². The van der Waals surface area contributed by atoms with E-state index in [1.54, 1.807) is 35.2 Å². The van der Waals surface area contributed by atoms with Gasteiger partial charge >= 0.3 is 0 Å². The maximum Gasteiger partial charge on any atom is 0.261 e. The number of carbonyl (C=O) groups is 1. The van der Waals surface area contributed by atoms with Crippen LogP contribution in [0, 0.1) is 0 Å². The van der Waals surface area contributed by atoms with Crippen molar-refractivity contribution in [3.8, 4) is 11.5 Å². The van der Waals surface area contributed by atoms with Crippen molar-refractivity contribution in [3.05, 3.63) is 42.0 Å². The number of ether oxygens (including phenoxy) is 2. The summed E-state index contributed by atoms with van der Waals surface area (Å²) in [6.07, 6.45) is 1.41. The van der Waals surface area contributed by atoms with Gasteiger partial charge in [-0.2, -0.15) is 0 Å². The molecule has 0 saturated heterocycles. The first-order valence-corrected chi connectivity index (χ1v) is 10.7. The van der Waals surface area contributed by atoms with Gasteiger partial charge in [0.25, 0.3) is 10.0 Å². The van der Waals surface area contributed by atoms with Gasteiger partial charge in [0.05, 0.1) is 23.8 Å². The Hall–Kier alpha value is -2.74. The Kier molecular flexibility index (Phi) is 4.66. The van der Waals surface area contributed by atoms with E-state index in [4.69, 9.17) is 9.47 Å². The van der Waals surface area contributed by atoms with Crippen LogP contribution in [0.5, 0.6) is 11.5 Å². The minimum atomic E-state index is -3.78. The highest BCUT2D eigenvalue weighted by atomic mass is 32.2. The van der Waals surface area contributed by atoms with Gasteiger partial charge in [-0.05, 0) is 49.2 Å². The molecule has 2 aromatic carbocycles. The normalized spacial score (nSPS) is 18.4. The lowest BCUT2D eigenvalue weighted by molar-refractivity contribution is -0.116. The number of fused-ring (bicyclic) bond motifs is 2. The van der Waals surface area contributed by atoms with Gasteiger partial charge in [-0.3, -0.25) is 9.52 Å². The number of nitrogens with one attached hydrogen (secondary N) is 1. The quantitative estimate of drug-likeness (QED) is 0.853. The van der Waals surface area contributed by atoms with Crippen LogP contribution in [0.15, 0.2) is 41.3 Å². The number of sulfonamides is 1. The van der Waals surface area contributed by atoms with Gasteiger partial charge in [0, 0.05) is 31.1 Å². The maximum atomic E-state index is 12.9. The Morgan fingerprint density at radius 1 is 1.11 bits per heavy atom. The number of nitrogens with zero attached hydrogens (tertiary/aromatic N) is 1. The van der Waals surface area contributed by atoms with E-state index in [1.165, 1.54) is 13.0 Å². The number of amides is 1. The summed E-state index contributed by atoms with van der Waals surface area (Å²) in [5.41, 5.74) is 2.03. The largest absolute Gasteiger partial charge is 0.490 e. The molecule has 0 spiro atoms. The van der Waals surface area contributed by atoms with Gasteiger partial charge in [0.1, 0.15) is 0 Å². The molecule has 7 nitrogen and oxygen atoms in total. The number of benzene rings is 2. The van der Waals surface area contributed by atoms with Crippen molar-refractivity contribution in [2.45, 2.75) is 37.6 Å². The minimum Gasteiger partial charge on any atom is -0.490 e. The van der Waals surface area contributed by atoms with Crippen molar-refractivity contribution >= 4 is 27.3 Å². The van der Waals surface area contributed by atoms with Crippen LogP contribution in [-0.2, 0) is 21.2 Å². The molecule has 0 radical (unpaired) electrons. The van der Waals surface area contributed by atoms with Crippen molar-refractivity contribution in [1.82, 2.24) is 0 Å². The molecular formula is C20H22N2O5S. The van der Waals surface area contributed by atoms with Gasteiger partial charge < -0.3 is 14.4 Å². The zero-order chi connectivity index (χ0) is 19.9. The van der Waals surface area contributed by atoms with E-state index < -0.39 is 10.0 Å². The van der Waals surface area contributed by atoms with Gasteiger partial charge in [0.15, 0.2) is 11.5 Å². The molecule has 28 heavy (non-hydrogen) atoms. The summed E-state index contributed by atoms with van der Waals surface area (Å²) >= 11 is 0. The Morgan fingerprint density at radius 3 is 2.61 bits per heavy atom. The summed E-state index contributed by atoms with van der Waals surface area (Å²) in [5.74, 6) is 1.08. The third-order valence-electron chi connectivity index (χ3n) is 4.92. The second-order valence-corrected chi connectivity index (χ2v) is 8.73. The van der Waals surface area contributed by atoms with Crippen molar-refractivity contribution in [2.24, 2.45) is 0 Å². The second kappa shape index (κ2) is 7.01. The zero-order valence-corrected chi connectivity index (χ0v) is 16.6. The molecule has 0 bridgehead atoms. The monoisotopic (exact) mass is 402 g/mol. The fourth-order valence-corrected chi connectivity index (χ4v) is 4.80. The number of hydrogen-bond acceptors (Lipinski definition) is 5. The lowest BCUT2D eigenvalue weighted by Gasteiger charge is -2.20. The Balaban J connectivity index is 1.61. The molecule has 2 aromatic rings. The average Bonchev–Trinajstić information content (AvgIpc) is 2.80. The Bertz CT molecular complexity index is 1030. The van der Waals surface area contributed by atoms with E-state index in [0.29, 0.717) is 36.8 Å². The highest BCUT2D eigenvalue weighted by molar-refractivity contribution is 7.92. The molecule has 0 fully saturated rings. The first-order valence-electron chi connectivity index (χ1n) is 9.20. The summed E-state index contributed by atoms with van der Waals surface area (Å²) in [6.45, 7) is 4.56. The van der Waals surface area contributed by atoms with Crippen LogP contribution in [-0.4, -0.2) is 33.6 Å². The average molecular weight is 402 g/mol. The maximum absolute atomic E-state index is 12.9. The molecule has 2 aliphatic rings. The molecule has 2 aliphatic heterocycles. The fourth-order valence-electron chi connectivity index (χ4n) is 3.70. The van der Waals surface area contributed by atoms with E-state index in [-0.39, 0.29) is 16.8 Å². The van der Waals surface area contributed by atoms with Crippen LogP contribution in [0.1, 0.15) is 25.8 Å². The van der Waals surface area contributed by atoms with Crippen LogP contribution in [0.3, 0.4) is 0 Å². The lowest BCUT2D eigenvalue weighted by Crippen LogP contribution is -2.33. The van der Waals surface area contributed by atoms with Crippen LogP contribution < -0.4 is 19.1 Å². The van der Waals surface area contributed by atoms with E-state index in [9.17, 15) is 13.2 Å². The molecule has 0 aromatic heterocycles. The van der Waals surface area contributed by atoms with Gasteiger partial charge in [-0.25, -0.2) is 8.42 Å². The SMILES string of the molecule is CC(=O)N1c2ccc(S(=O)(=O)Nc3ccc4c(c3)OCCCO4)cc2CC1C. The summed E-state index contributed by atoms with van der Waals surface area (Å²) < 4.78 is 39.5. The smallest absolute Gasteiger partial charge is 0.261 e. The van der Waals surface area contributed by atoms with Gasteiger partial charge in [-0.15, -0.1) is 0 Å². The minimum absolute atomic E-state index is 0.0140. The summed E-state index contributed by atoms with van der Waals surface area (Å²) in [5, 5.41) is 0. The zero-order valence-electron chi connectivity index (χ0n) is 15.8. The molecule has 0 aliphatic carbocycles. The highest BCUT2D eigenvalue weighted by Crippen LogP contribution is 2.35. The second-order valence-electron chi connectivity index (χ2n) is 7.05. The first-order chi connectivity index (χ1) is 13.3. The van der Waals surface area contributed by atoms with E-state index in [0.717, 1.165) is 17.7 Å². The number of hydrogen-bond donors (Lipinski definition) is 1. The molecule has 8 heteroatoms. The Morgan fingerprint density at radius 2 is 1.86 bits per heavy atom. The molecule has 1 atom stereocenters. The predicted octanol–water partition coefficient (Wildman–Crippen LogP) is 2.95. The molecule has 2 heterocycles. The third kappa shape index (κ3) is 3.40. The van der Waals surface area contributed by atoms with E-state index >= 15 is 0 Å². The van der Waals surface area contributed by atoms with Crippen molar-refractivity contribution in [2.75, 3.05) is 22.8 Å². The standard InChI is InChI=1S/C20H22N2O5S/c1-13-10-15-11-17(5-6-18(15)22(13)14(2)23)28(24,25)21-16-4-7-19-20(12-16)27-9-3-8-26-19/h4-7,11-13,21H,3,8-10H2,1-2H3. The highest BCUT2D eigenvalue weighted by Gasteiger charge is 2.30. The van der Waals surface area contributed by atoms with Crippen LogP contribution in [0.25, 0.3) is 0 Å². The molecule has 4 rings (SSSR count). The van der Waals surface area contributed by atoms with E-state index in [2.05, 4.69) is 4.72 Å². The summed E-state index contributed by atoms with van der Waals surface area (Å²) in [7, 11) is -3.78. The molecule has 0 saturated carbocycles. The van der Waals surface area contributed by atoms with Gasteiger partial charge in [0.2, 0.25) is 5.91 Å². The van der Waals surface area contributed by atoms with Crippen LogP contribution >= 0.6 is 0 Å². The summed E-state index contributed by atoms with van der Waals surface area (Å²) in [4.78, 5) is 13.7. The topological polar surface area (TPSA) is 84.9 Å². The van der Waals surface area contributed by atoms with Gasteiger partial charge in [-0.1, -0.05) is 0 Å². The van der Waals surface area contributed by atoms with Crippen molar-refractivity contribution in [3.63, 3.8) is 0 Å². The molecule has 1 N–H and O–H groups in total. The predicted molar refractivity (Wildman–Crippen MR) is 106 cm³/mol. The number of rotatable bonds is 3. The Labute approximate surface area is 164 Å². The van der Waals surface area contributed by atoms with Crippen molar-refractivity contribution in [1.29, 1.82) is 0 Å². The fraction of sp³-hybridized carbons (Fsp3) is 0.350. The number of carbonyl (C=O) groups excluding carboxylic acids is 1. The molecule has 1 unspecified atom stereocenters. The molecule has 1 amide bonds. The number of anilines is 2. The molecular weight excluding hydrogens is 380 g/mol. The lowest BCUT2D eigenvalue weighted by atomic mass is 10.1. The van der Waals surface area contributed by atoms with Crippen molar-refractivity contribution < 1.29 is 22.7 Å². The third-order valence-corrected chi connectivity index (χ3v) is 6.29. The van der Waals surface area contributed by atoms with E-state index in [1.807, 2.05) is 6.92 Å².